The molecule has 0 saturated carbocycles. The van der Waals surface area contributed by atoms with Crippen LogP contribution in [-0.2, 0) is 0 Å². The number of aromatic nitrogens is 2. The lowest BCUT2D eigenvalue weighted by Crippen LogP contribution is -2.05. The van der Waals surface area contributed by atoms with Gasteiger partial charge < -0.3 is 4.74 Å². The van der Waals surface area contributed by atoms with Gasteiger partial charge in [0, 0.05) is 11.8 Å². The third-order valence-corrected chi connectivity index (χ3v) is 3.18. The van der Waals surface area contributed by atoms with Crippen molar-refractivity contribution in [3.8, 4) is 17.0 Å². The van der Waals surface area contributed by atoms with Gasteiger partial charge in [0.1, 0.15) is 11.4 Å². The number of hydrogen-bond acceptors (Lipinski definition) is 2. The number of benzene rings is 1. The van der Waals surface area contributed by atoms with Gasteiger partial charge in [-0.2, -0.15) is 0 Å². The summed E-state index contributed by atoms with van der Waals surface area (Å²) in [7, 11) is 0. The summed E-state index contributed by atoms with van der Waals surface area (Å²) in [6, 6.07) is 12.3. The minimum absolute atomic E-state index is 0.194. The Balaban J connectivity index is 2.00. The number of imidazole rings is 1. The molecule has 0 bridgehead atoms. The summed E-state index contributed by atoms with van der Waals surface area (Å²) < 4.78 is 7.79. The Morgan fingerprint density at radius 2 is 1.80 bits per heavy atom. The van der Waals surface area contributed by atoms with Crippen molar-refractivity contribution in [1.29, 1.82) is 0 Å². The molecule has 0 fully saturated rings. The lowest BCUT2D eigenvalue weighted by Gasteiger charge is -2.10. The first-order valence-electron chi connectivity index (χ1n) is 6.84. The molecule has 0 atom stereocenters. The summed E-state index contributed by atoms with van der Waals surface area (Å²) in [4.78, 5) is 4.44. The predicted octanol–water partition coefficient (Wildman–Crippen LogP) is 4.10. The van der Waals surface area contributed by atoms with Gasteiger partial charge >= 0.3 is 0 Å². The normalized spacial score (nSPS) is 11.2. The largest absolute Gasteiger partial charge is 0.491 e. The van der Waals surface area contributed by atoms with Gasteiger partial charge in [0.25, 0.3) is 0 Å². The minimum atomic E-state index is 0.194. The topological polar surface area (TPSA) is 26.5 Å². The van der Waals surface area contributed by atoms with E-state index in [0.717, 1.165) is 22.7 Å². The van der Waals surface area contributed by atoms with Gasteiger partial charge in [-0.3, -0.25) is 4.40 Å². The molecule has 0 N–H and O–H groups in total. The number of rotatable bonds is 3. The molecule has 102 valence electrons. The molecule has 3 nitrogen and oxygen atoms in total. The molecule has 3 heteroatoms. The average Bonchev–Trinajstić information content (AvgIpc) is 2.82. The number of pyridine rings is 1. The van der Waals surface area contributed by atoms with Crippen LogP contribution in [0.4, 0.5) is 0 Å². The molecule has 2 heterocycles. The fourth-order valence-electron chi connectivity index (χ4n) is 2.28. The number of aryl methyl sites for hydroxylation is 1. The molecule has 0 spiro atoms. The van der Waals surface area contributed by atoms with E-state index in [1.165, 1.54) is 5.56 Å². The van der Waals surface area contributed by atoms with E-state index in [0.29, 0.717) is 0 Å². The van der Waals surface area contributed by atoms with Crippen LogP contribution >= 0.6 is 0 Å². The van der Waals surface area contributed by atoms with Crippen LogP contribution in [0.1, 0.15) is 19.4 Å². The van der Waals surface area contributed by atoms with Crippen molar-refractivity contribution >= 4 is 5.65 Å². The molecule has 0 saturated heterocycles. The van der Waals surface area contributed by atoms with Gasteiger partial charge in [0.2, 0.25) is 0 Å². The molecule has 0 amide bonds. The van der Waals surface area contributed by atoms with E-state index < -0.39 is 0 Å². The fraction of sp³-hybridized carbons (Fsp3) is 0.235. The Hall–Kier alpha value is -2.29. The maximum Gasteiger partial charge on any atom is 0.137 e. The van der Waals surface area contributed by atoms with Crippen LogP contribution in [-0.4, -0.2) is 15.5 Å². The maximum atomic E-state index is 5.67. The number of nitrogens with zero attached hydrogens (tertiary/aromatic N) is 2. The first-order chi connectivity index (χ1) is 9.63. The zero-order chi connectivity index (χ0) is 14.1. The Labute approximate surface area is 118 Å². The van der Waals surface area contributed by atoms with E-state index in [-0.39, 0.29) is 6.10 Å². The summed E-state index contributed by atoms with van der Waals surface area (Å²) in [5, 5.41) is 0. The second kappa shape index (κ2) is 5.00. The summed E-state index contributed by atoms with van der Waals surface area (Å²) >= 11 is 0. The maximum absolute atomic E-state index is 5.67. The van der Waals surface area contributed by atoms with Gasteiger partial charge in [-0.1, -0.05) is 6.07 Å². The monoisotopic (exact) mass is 266 g/mol. The number of hydrogen-bond donors (Lipinski definition) is 0. The first kappa shape index (κ1) is 12.7. The highest BCUT2D eigenvalue weighted by atomic mass is 16.5. The predicted molar refractivity (Wildman–Crippen MR) is 81.1 cm³/mol. The lowest BCUT2D eigenvalue weighted by atomic mass is 10.1. The standard InChI is InChI=1S/C17H18N2O/c1-12(2)20-15-7-5-14(6-8-15)16-10-18-17-9-4-13(3)11-19(16)17/h4-12H,1-3H3. The van der Waals surface area contributed by atoms with Gasteiger partial charge in [-0.25, -0.2) is 4.98 Å². The number of fused-ring (bicyclic) bond motifs is 1. The van der Waals surface area contributed by atoms with Crippen LogP contribution in [0.15, 0.2) is 48.8 Å². The molecule has 0 aliphatic rings. The Morgan fingerprint density at radius 1 is 1.05 bits per heavy atom. The van der Waals surface area contributed by atoms with Crippen molar-refractivity contribution in [2.75, 3.05) is 0 Å². The van der Waals surface area contributed by atoms with Crippen LogP contribution in [0.5, 0.6) is 5.75 Å². The lowest BCUT2D eigenvalue weighted by molar-refractivity contribution is 0.242. The number of ether oxygens (including phenoxy) is 1. The van der Waals surface area contributed by atoms with Crippen molar-refractivity contribution in [2.45, 2.75) is 26.9 Å². The molecule has 20 heavy (non-hydrogen) atoms. The minimum Gasteiger partial charge on any atom is -0.491 e. The van der Waals surface area contributed by atoms with Gasteiger partial charge in [-0.05, 0) is 56.7 Å². The summed E-state index contributed by atoms with van der Waals surface area (Å²) in [6.07, 6.45) is 4.21. The van der Waals surface area contributed by atoms with Crippen LogP contribution in [0.3, 0.4) is 0 Å². The molecule has 2 aromatic heterocycles. The van der Waals surface area contributed by atoms with Gasteiger partial charge in [0.15, 0.2) is 0 Å². The average molecular weight is 266 g/mol. The van der Waals surface area contributed by atoms with Gasteiger partial charge in [-0.15, -0.1) is 0 Å². The van der Waals surface area contributed by atoms with E-state index in [2.05, 4.69) is 40.7 Å². The second-order valence-electron chi connectivity index (χ2n) is 5.27. The summed E-state index contributed by atoms with van der Waals surface area (Å²) in [6.45, 7) is 6.14. The second-order valence-corrected chi connectivity index (χ2v) is 5.27. The Bertz CT molecular complexity index is 726. The quantitative estimate of drug-likeness (QED) is 0.713. The van der Waals surface area contributed by atoms with Crippen molar-refractivity contribution in [1.82, 2.24) is 9.38 Å². The molecule has 3 rings (SSSR count). The van der Waals surface area contributed by atoms with Crippen molar-refractivity contribution in [3.63, 3.8) is 0 Å². The Kier molecular flexibility index (Phi) is 3.18. The van der Waals surface area contributed by atoms with Crippen LogP contribution in [0, 0.1) is 6.92 Å². The van der Waals surface area contributed by atoms with E-state index in [9.17, 15) is 0 Å². The van der Waals surface area contributed by atoms with E-state index in [1.54, 1.807) is 0 Å². The van der Waals surface area contributed by atoms with Crippen LogP contribution in [0.25, 0.3) is 16.9 Å². The molecule has 0 aliphatic heterocycles. The molecular formula is C17H18N2O. The van der Waals surface area contributed by atoms with E-state index >= 15 is 0 Å². The third-order valence-electron chi connectivity index (χ3n) is 3.18. The van der Waals surface area contributed by atoms with Crippen molar-refractivity contribution < 1.29 is 4.74 Å². The molecule has 0 aliphatic carbocycles. The molecular weight excluding hydrogens is 248 g/mol. The third kappa shape index (κ3) is 2.39. The summed E-state index contributed by atoms with van der Waals surface area (Å²) in [5.74, 6) is 0.897. The van der Waals surface area contributed by atoms with Crippen LogP contribution < -0.4 is 4.74 Å². The zero-order valence-electron chi connectivity index (χ0n) is 12.0. The molecule has 0 unspecified atom stereocenters. The van der Waals surface area contributed by atoms with Crippen molar-refractivity contribution in [2.24, 2.45) is 0 Å². The summed E-state index contributed by atoms with van der Waals surface area (Å²) in [5.41, 5.74) is 4.42. The SMILES string of the molecule is Cc1ccc2ncc(-c3ccc(OC(C)C)cc3)n2c1. The van der Waals surface area contributed by atoms with Crippen molar-refractivity contribution in [3.05, 3.63) is 54.4 Å². The zero-order valence-corrected chi connectivity index (χ0v) is 12.0. The first-order valence-corrected chi connectivity index (χ1v) is 6.84. The molecule has 1 aromatic carbocycles. The highest BCUT2D eigenvalue weighted by Crippen LogP contribution is 2.24. The molecule has 3 aromatic rings. The van der Waals surface area contributed by atoms with E-state index in [4.69, 9.17) is 4.74 Å². The highest BCUT2D eigenvalue weighted by molar-refractivity contribution is 5.64. The highest BCUT2D eigenvalue weighted by Gasteiger charge is 2.06. The molecule has 0 radical (unpaired) electrons. The van der Waals surface area contributed by atoms with Gasteiger partial charge in [0.05, 0.1) is 18.0 Å². The van der Waals surface area contributed by atoms with E-state index in [1.807, 2.05) is 38.2 Å². The Morgan fingerprint density at radius 3 is 2.50 bits per heavy atom. The smallest absolute Gasteiger partial charge is 0.137 e. The van der Waals surface area contributed by atoms with Crippen LogP contribution in [0.2, 0.25) is 0 Å². The fourth-order valence-corrected chi connectivity index (χ4v) is 2.28.